The summed E-state index contributed by atoms with van der Waals surface area (Å²) in [6.45, 7) is 2.39. The largest absolute Gasteiger partial charge is 0.480 e. The van der Waals surface area contributed by atoms with Crippen LogP contribution in [0.5, 0.6) is 0 Å². The summed E-state index contributed by atoms with van der Waals surface area (Å²) in [5.41, 5.74) is 0.288. The van der Waals surface area contributed by atoms with Gasteiger partial charge in [-0.05, 0) is 38.1 Å². The van der Waals surface area contributed by atoms with Gasteiger partial charge in [-0.1, -0.05) is 11.6 Å². The van der Waals surface area contributed by atoms with Crippen LogP contribution in [0.4, 0.5) is 5.69 Å². The van der Waals surface area contributed by atoms with Crippen LogP contribution in [0, 0.1) is 0 Å². The molecule has 1 aromatic carbocycles. The first kappa shape index (κ1) is 14.8. The number of carboxylic acid groups (broad SMARTS) is 1. The lowest BCUT2D eigenvalue weighted by Gasteiger charge is -2.24. The number of nitrogens with zero attached hydrogens (tertiary/aromatic N) is 1. The maximum absolute atomic E-state index is 12.1. The normalized spacial score (nSPS) is 11.6. The van der Waals surface area contributed by atoms with Crippen LogP contribution in [-0.2, 0) is 14.8 Å². The van der Waals surface area contributed by atoms with E-state index in [9.17, 15) is 13.2 Å². The molecule has 0 saturated heterocycles. The first-order valence-electron chi connectivity index (χ1n) is 5.24. The van der Waals surface area contributed by atoms with E-state index in [1.165, 1.54) is 38.1 Å². The highest BCUT2D eigenvalue weighted by atomic mass is 35.5. The maximum Gasteiger partial charge on any atom is 0.324 e. The number of hydrogen-bond acceptors (Lipinski definition) is 3. The molecule has 0 radical (unpaired) electrons. The van der Waals surface area contributed by atoms with E-state index in [4.69, 9.17) is 16.7 Å². The third kappa shape index (κ3) is 3.36. The summed E-state index contributed by atoms with van der Waals surface area (Å²) >= 11 is 5.71. The Balaban J connectivity index is 3.22. The third-order valence-corrected chi connectivity index (χ3v) is 4.69. The van der Waals surface area contributed by atoms with Crippen molar-refractivity contribution < 1.29 is 18.3 Å². The minimum atomic E-state index is -3.69. The zero-order valence-corrected chi connectivity index (χ0v) is 11.6. The van der Waals surface area contributed by atoms with Gasteiger partial charge in [0.15, 0.2) is 0 Å². The van der Waals surface area contributed by atoms with Gasteiger partial charge in [-0.2, -0.15) is 0 Å². The quantitative estimate of drug-likeness (QED) is 0.900. The molecule has 7 heteroatoms. The van der Waals surface area contributed by atoms with Crippen LogP contribution >= 0.6 is 11.6 Å². The monoisotopic (exact) mass is 291 g/mol. The highest BCUT2D eigenvalue weighted by Crippen LogP contribution is 2.22. The molecule has 18 heavy (non-hydrogen) atoms. The lowest BCUT2D eigenvalue weighted by molar-refractivity contribution is -0.135. The molecule has 1 aromatic rings. The van der Waals surface area contributed by atoms with Crippen molar-refractivity contribution in [2.24, 2.45) is 0 Å². The molecular weight excluding hydrogens is 278 g/mol. The number of hydrogen-bond donors (Lipinski definition) is 1. The lowest BCUT2D eigenvalue weighted by atomic mass is 10.3. The Kier molecular flexibility index (Phi) is 4.59. The van der Waals surface area contributed by atoms with E-state index in [2.05, 4.69) is 0 Å². The van der Waals surface area contributed by atoms with Crippen LogP contribution in [0.1, 0.15) is 13.8 Å². The standard InChI is InChI=1S/C11H14ClNO4S/c1-8(2)18(16,17)13(7-11(14)15)10-5-3-9(12)4-6-10/h3-6,8H,7H2,1-2H3,(H,14,15). The number of carbonyl (C=O) groups is 1. The van der Waals surface area contributed by atoms with Crippen LogP contribution in [-0.4, -0.2) is 31.3 Å². The Morgan fingerprint density at radius 1 is 1.33 bits per heavy atom. The molecule has 0 heterocycles. The second-order valence-corrected chi connectivity index (χ2v) is 6.82. The zero-order valence-electron chi connectivity index (χ0n) is 10.00. The average molecular weight is 292 g/mol. The minimum Gasteiger partial charge on any atom is -0.480 e. The van der Waals surface area contributed by atoms with E-state index in [1.807, 2.05) is 0 Å². The molecule has 0 unspecified atom stereocenters. The first-order valence-corrected chi connectivity index (χ1v) is 7.12. The molecule has 0 saturated carbocycles. The molecule has 100 valence electrons. The highest BCUT2D eigenvalue weighted by molar-refractivity contribution is 7.93. The fraction of sp³-hybridized carbons (Fsp3) is 0.364. The third-order valence-electron chi connectivity index (χ3n) is 2.30. The van der Waals surface area contributed by atoms with E-state index >= 15 is 0 Å². The SMILES string of the molecule is CC(C)S(=O)(=O)N(CC(=O)O)c1ccc(Cl)cc1. The van der Waals surface area contributed by atoms with Gasteiger partial charge in [-0.3, -0.25) is 9.10 Å². The van der Waals surface area contributed by atoms with Gasteiger partial charge in [0, 0.05) is 5.02 Å². The Bertz CT molecular complexity index is 524. The smallest absolute Gasteiger partial charge is 0.324 e. The predicted octanol–water partition coefficient (Wildman–Crippen LogP) is 1.97. The number of rotatable bonds is 5. The number of aliphatic carboxylic acids is 1. The van der Waals surface area contributed by atoms with Crippen LogP contribution in [0.2, 0.25) is 5.02 Å². The van der Waals surface area contributed by atoms with Crippen molar-refractivity contribution in [1.82, 2.24) is 0 Å². The van der Waals surface area contributed by atoms with Crippen LogP contribution in [0.3, 0.4) is 0 Å². The first-order chi connectivity index (χ1) is 8.25. The van der Waals surface area contributed by atoms with Gasteiger partial charge in [0.1, 0.15) is 6.54 Å². The second-order valence-electron chi connectivity index (χ2n) is 3.97. The van der Waals surface area contributed by atoms with Crippen LogP contribution < -0.4 is 4.31 Å². The molecule has 0 aromatic heterocycles. The molecule has 0 spiro atoms. The Hall–Kier alpha value is -1.27. The summed E-state index contributed by atoms with van der Waals surface area (Å²) < 4.78 is 25.0. The summed E-state index contributed by atoms with van der Waals surface area (Å²) in [5.74, 6) is -1.21. The van der Waals surface area contributed by atoms with Crippen molar-refractivity contribution in [1.29, 1.82) is 0 Å². The minimum absolute atomic E-state index is 0.288. The topological polar surface area (TPSA) is 74.7 Å². The lowest BCUT2D eigenvalue weighted by Crippen LogP contribution is -2.39. The summed E-state index contributed by atoms with van der Waals surface area (Å²) in [7, 11) is -3.69. The van der Waals surface area contributed by atoms with Crippen molar-refractivity contribution in [3.8, 4) is 0 Å². The molecule has 0 aliphatic heterocycles. The van der Waals surface area contributed by atoms with Crippen molar-refractivity contribution in [3.63, 3.8) is 0 Å². The molecule has 0 amide bonds. The summed E-state index contributed by atoms with van der Waals surface area (Å²) in [5, 5.41) is 8.57. The fourth-order valence-electron chi connectivity index (χ4n) is 1.31. The van der Waals surface area contributed by atoms with E-state index in [1.54, 1.807) is 0 Å². The summed E-state index contributed by atoms with van der Waals surface area (Å²) in [6.07, 6.45) is 0. The molecule has 1 N–H and O–H groups in total. The van der Waals surface area contributed by atoms with Crippen molar-refractivity contribution in [2.45, 2.75) is 19.1 Å². The fourth-order valence-corrected chi connectivity index (χ4v) is 2.65. The van der Waals surface area contributed by atoms with Gasteiger partial charge >= 0.3 is 5.97 Å². The summed E-state index contributed by atoms with van der Waals surface area (Å²) in [4.78, 5) is 10.8. The Labute approximate surface area is 111 Å². The molecule has 0 aliphatic carbocycles. The molecule has 5 nitrogen and oxygen atoms in total. The molecule has 0 fully saturated rings. The van der Waals surface area contributed by atoms with Crippen LogP contribution in [0.25, 0.3) is 0 Å². The number of anilines is 1. The van der Waals surface area contributed by atoms with Gasteiger partial charge in [-0.25, -0.2) is 8.42 Å². The van der Waals surface area contributed by atoms with Gasteiger partial charge < -0.3 is 5.11 Å². The molecule has 0 aliphatic rings. The van der Waals surface area contributed by atoms with E-state index in [0.717, 1.165) is 4.31 Å². The zero-order chi connectivity index (χ0) is 13.9. The van der Waals surface area contributed by atoms with Crippen molar-refractivity contribution >= 4 is 33.3 Å². The van der Waals surface area contributed by atoms with Gasteiger partial charge in [-0.15, -0.1) is 0 Å². The van der Waals surface area contributed by atoms with Gasteiger partial charge in [0.05, 0.1) is 10.9 Å². The molecule has 0 atom stereocenters. The molecule has 0 bridgehead atoms. The molecular formula is C11H14ClNO4S. The maximum atomic E-state index is 12.1. The summed E-state index contributed by atoms with van der Waals surface area (Å²) in [6, 6.07) is 5.99. The molecule has 1 rings (SSSR count). The number of sulfonamides is 1. The second kappa shape index (κ2) is 5.58. The highest BCUT2D eigenvalue weighted by Gasteiger charge is 2.27. The van der Waals surface area contributed by atoms with E-state index in [-0.39, 0.29) is 5.69 Å². The van der Waals surface area contributed by atoms with E-state index in [0.29, 0.717) is 5.02 Å². The van der Waals surface area contributed by atoms with E-state index < -0.39 is 27.8 Å². The van der Waals surface area contributed by atoms with Crippen molar-refractivity contribution in [3.05, 3.63) is 29.3 Å². The van der Waals surface area contributed by atoms with Crippen molar-refractivity contribution in [2.75, 3.05) is 10.8 Å². The van der Waals surface area contributed by atoms with Crippen LogP contribution in [0.15, 0.2) is 24.3 Å². The van der Waals surface area contributed by atoms with Gasteiger partial charge in [0.25, 0.3) is 0 Å². The number of halogens is 1. The number of benzene rings is 1. The van der Waals surface area contributed by atoms with Gasteiger partial charge in [0.2, 0.25) is 10.0 Å². The number of carboxylic acids is 1. The Morgan fingerprint density at radius 2 is 1.83 bits per heavy atom. The average Bonchev–Trinajstić information content (AvgIpc) is 2.26. The predicted molar refractivity (Wildman–Crippen MR) is 70.5 cm³/mol. The Morgan fingerprint density at radius 3 is 2.22 bits per heavy atom.